The SMILES string of the molecule is CCOc1ccc(NC(=O)C2CCC(C(=O)Nc3ccc(C)cc3C)CC2)cc1. The van der Waals surface area contributed by atoms with Gasteiger partial charge in [0.25, 0.3) is 0 Å². The van der Waals surface area contributed by atoms with Gasteiger partial charge in [-0.3, -0.25) is 9.59 Å². The van der Waals surface area contributed by atoms with Crippen LogP contribution < -0.4 is 15.4 Å². The molecule has 0 unspecified atom stereocenters. The summed E-state index contributed by atoms with van der Waals surface area (Å²) in [5.41, 5.74) is 3.89. The van der Waals surface area contributed by atoms with Crippen LogP contribution in [0.1, 0.15) is 43.7 Å². The third-order valence-corrected chi connectivity index (χ3v) is 5.54. The lowest BCUT2D eigenvalue weighted by atomic mass is 9.81. The van der Waals surface area contributed by atoms with Crippen LogP contribution in [0.3, 0.4) is 0 Å². The second kappa shape index (κ2) is 9.59. The number of anilines is 2. The zero-order chi connectivity index (χ0) is 20.8. The average Bonchev–Trinajstić information content (AvgIpc) is 2.72. The van der Waals surface area contributed by atoms with E-state index in [1.807, 2.05) is 57.2 Å². The molecule has 1 aliphatic rings. The quantitative estimate of drug-likeness (QED) is 0.717. The summed E-state index contributed by atoms with van der Waals surface area (Å²) in [5.74, 6) is 0.794. The van der Waals surface area contributed by atoms with Gasteiger partial charge in [-0.25, -0.2) is 0 Å². The zero-order valence-electron chi connectivity index (χ0n) is 17.5. The van der Waals surface area contributed by atoms with Crippen LogP contribution in [-0.2, 0) is 9.59 Å². The Kier molecular flexibility index (Phi) is 6.91. The van der Waals surface area contributed by atoms with Crippen molar-refractivity contribution in [1.29, 1.82) is 0 Å². The number of carbonyl (C=O) groups is 2. The molecular formula is C24H30N2O3. The molecule has 5 nitrogen and oxygen atoms in total. The average molecular weight is 395 g/mol. The van der Waals surface area contributed by atoms with Crippen molar-refractivity contribution in [3.8, 4) is 5.75 Å². The summed E-state index contributed by atoms with van der Waals surface area (Å²) < 4.78 is 5.42. The Morgan fingerprint density at radius 1 is 0.897 bits per heavy atom. The normalized spacial score (nSPS) is 18.7. The van der Waals surface area contributed by atoms with Crippen LogP contribution in [0, 0.1) is 25.7 Å². The first kappa shape index (κ1) is 20.9. The number of aryl methyl sites for hydroxylation is 2. The third kappa shape index (κ3) is 5.59. The fraction of sp³-hybridized carbons (Fsp3) is 0.417. The predicted molar refractivity (Wildman–Crippen MR) is 116 cm³/mol. The van der Waals surface area contributed by atoms with E-state index in [0.29, 0.717) is 6.61 Å². The van der Waals surface area contributed by atoms with E-state index in [4.69, 9.17) is 4.74 Å². The van der Waals surface area contributed by atoms with Gasteiger partial charge < -0.3 is 15.4 Å². The molecule has 0 atom stereocenters. The Balaban J connectivity index is 1.49. The van der Waals surface area contributed by atoms with E-state index in [9.17, 15) is 9.59 Å². The van der Waals surface area contributed by atoms with Gasteiger partial charge in [0.2, 0.25) is 11.8 Å². The van der Waals surface area contributed by atoms with Crippen LogP contribution in [0.4, 0.5) is 11.4 Å². The highest BCUT2D eigenvalue weighted by atomic mass is 16.5. The van der Waals surface area contributed by atoms with Crippen LogP contribution in [0.5, 0.6) is 5.75 Å². The smallest absolute Gasteiger partial charge is 0.227 e. The molecule has 154 valence electrons. The van der Waals surface area contributed by atoms with Crippen LogP contribution in [0.2, 0.25) is 0 Å². The first-order chi connectivity index (χ1) is 14.0. The fourth-order valence-electron chi connectivity index (χ4n) is 3.85. The summed E-state index contributed by atoms with van der Waals surface area (Å²) in [7, 11) is 0. The van der Waals surface area contributed by atoms with E-state index in [0.717, 1.165) is 48.4 Å². The second-order valence-electron chi connectivity index (χ2n) is 7.80. The van der Waals surface area contributed by atoms with E-state index >= 15 is 0 Å². The summed E-state index contributed by atoms with van der Waals surface area (Å²) in [4.78, 5) is 25.2. The van der Waals surface area contributed by atoms with E-state index in [1.165, 1.54) is 5.56 Å². The highest BCUT2D eigenvalue weighted by molar-refractivity contribution is 5.95. The maximum atomic E-state index is 12.6. The molecule has 0 spiro atoms. The van der Waals surface area contributed by atoms with Gasteiger partial charge in [-0.05, 0) is 82.3 Å². The number of hydrogen-bond acceptors (Lipinski definition) is 3. The van der Waals surface area contributed by atoms with Crippen molar-refractivity contribution in [1.82, 2.24) is 0 Å². The Bertz CT molecular complexity index is 853. The van der Waals surface area contributed by atoms with Crippen molar-refractivity contribution in [2.24, 2.45) is 11.8 Å². The molecule has 1 aliphatic carbocycles. The number of carbonyl (C=O) groups excluding carboxylic acids is 2. The molecule has 5 heteroatoms. The van der Waals surface area contributed by atoms with Gasteiger partial charge in [0.15, 0.2) is 0 Å². The summed E-state index contributed by atoms with van der Waals surface area (Å²) in [6.07, 6.45) is 2.93. The van der Waals surface area contributed by atoms with Gasteiger partial charge in [0.1, 0.15) is 5.75 Å². The molecule has 0 heterocycles. The molecule has 0 bridgehead atoms. The fourth-order valence-corrected chi connectivity index (χ4v) is 3.85. The van der Waals surface area contributed by atoms with Crippen molar-refractivity contribution in [2.45, 2.75) is 46.5 Å². The van der Waals surface area contributed by atoms with E-state index in [2.05, 4.69) is 16.7 Å². The molecule has 0 saturated heterocycles. The monoisotopic (exact) mass is 394 g/mol. The lowest BCUT2D eigenvalue weighted by molar-refractivity contribution is -0.125. The van der Waals surface area contributed by atoms with E-state index in [1.54, 1.807) is 0 Å². The van der Waals surface area contributed by atoms with E-state index in [-0.39, 0.29) is 23.7 Å². The van der Waals surface area contributed by atoms with Crippen molar-refractivity contribution in [3.05, 3.63) is 53.6 Å². The predicted octanol–water partition coefficient (Wildman–Crippen LogP) is 5.09. The summed E-state index contributed by atoms with van der Waals surface area (Å²) in [6.45, 7) is 6.60. The van der Waals surface area contributed by atoms with Crippen LogP contribution in [0.25, 0.3) is 0 Å². The van der Waals surface area contributed by atoms with Crippen molar-refractivity contribution >= 4 is 23.2 Å². The molecule has 3 rings (SSSR count). The third-order valence-electron chi connectivity index (χ3n) is 5.54. The molecule has 2 N–H and O–H groups in total. The summed E-state index contributed by atoms with van der Waals surface area (Å²) in [6, 6.07) is 13.4. The van der Waals surface area contributed by atoms with Gasteiger partial charge in [0, 0.05) is 23.2 Å². The Morgan fingerprint density at radius 3 is 2.03 bits per heavy atom. The Morgan fingerprint density at radius 2 is 1.48 bits per heavy atom. The Hall–Kier alpha value is -2.82. The lowest BCUT2D eigenvalue weighted by Gasteiger charge is -2.27. The minimum absolute atomic E-state index is 0.0300. The van der Waals surface area contributed by atoms with Gasteiger partial charge >= 0.3 is 0 Å². The minimum atomic E-state index is -0.0493. The standard InChI is InChI=1S/C24H30N2O3/c1-4-29-21-12-10-20(11-13-21)25-23(27)18-6-8-19(9-7-18)24(28)26-22-14-5-16(2)15-17(22)3/h5,10-15,18-19H,4,6-9H2,1-3H3,(H,25,27)(H,26,28). The zero-order valence-corrected chi connectivity index (χ0v) is 17.5. The largest absolute Gasteiger partial charge is 0.494 e. The number of amides is 2. The minimum Gasteiger partial charge on any atom is -0.494 e. The number of rotatable bonds is 6. The lowest BCUT2D eigenvalue weighted by Crippen LogP contribution is -2.32. The maximum Gasteiger partial charge on any atom is 0.227 e. The van der Waals surface area contributed by atoms with Crippen molar-refractivity contribution < 1.29 is 14.3 Å². The number of hydrogen-bond donors (Lipinski definition) is 2. The van der Waals surface area contributed by atoms with Crippen LogP contribution >= 0.6 is 0 Å². The molecule has 1 saturated carbocycles. The molecular weight excluding hydrogens is 364 g/mol. The van der Waals surface area contributed by atoms with Crippen LogP contribution in [-0.4, -0.2) is 18.4 Å². The first-order valence-corrected chi connectivity index (χ1v) is 10.4. The Labute approximate surface area is 172 Å². The molecule has 2 amide bonds. The summed E-state index contributed by atoms with van der Waals surface area (Å²) >= 11 is 0. The molecule has 2 aromatic rings. The second-order valence-corrected chi connectivity index (χ2v) is 7.80. The maximum absolute atomic E-state index is 12.6. The highest BCUT2D eigenvalue weighted by Crippen LogP contribution is 2.31. The van der Waals surface area contributed by atoms with Gasteiger partial charge in [-0.15, -0.1) is 0 Å². The number of benzene rings is 2. The number of ether oxygens (including phenoxy) is 1. The first-order valence-electron chi connectivity index (χ1n) is 10.4. The molecule has 0 radical (unpaired) electrons. The van der Waals surface area contributed by atoms with E-state index < -0.39 is 0 Å². The topological polar surface area (TPSA) is 67.4 Å². The van der Waals surface area contributed by atoms with Crippen LogP contribution in [0.15, 0.2) is 42.5 Å². The molecule has 0 aromatic heterocycles. The van der Waals surface area contributed by atoms with Crippen molar-refractivity contribution in [2.75, 3.05) is 17.2 Å². The summed E-state index contributed by atoms with van der Waals surface area (Å²) in [5, 5.41) is 6.04. The molecule has 2 aromatic carbocycles. The van der Waals surface area contributed by atoms with Gasteiger partial charge in [-0.2, -0.15) is 0 Å². The number of nitrogens with one attached hydrogen (secondary N) is 2. The molecule has 1 fully saturated rings. The highest BCUT2D eigenvalue weighted by Gasteiger charge is 2.30. The van der Waals surface area contributed by atoms with Crippen molar-refractivity contribution in [3.63, 3.8) is 0 Å². The van der Waals surface area contributed by atoms with Gasteiger partial charge in [0.05, 0.1) is 6.61 Å². The van der Waals surface area contributed by atoms with Gasteiger partial charge in [-0.1, -0.05) is 17.7 Å². The molecule has 0 aliphatic heterocycles. The molecule has 29 heavy (non-hydrogen) atoms.